The molecule has 0 aromatic heterocycles. The third-order valence-corrected chi connectivity index (χ3v) is 4.11. The highest BCUT2D eigenvalue weighted by molar-refractivity contribution is 5.64. The molecule has 1 saturated heterocycles. The number of ether oxygens (including phenoxy) is 1. The molecule has 21 heavy (non-hydrogen) atoms. The van der Waals surface area contributed by atoms with Gasteiger partial charge >= 0.3 is 0 Å². The first-order valence-corrected chi connectivity index (χ1v) is 7.35. The van der Waals surface area contributed by atoms with E-state index in [1.807, 2.05) is 0 Å². The molecule has 0 saturated carbocycles. The van der Waals surface area contributed by atoms with Gasteiger partial charge in [-0.25, -0.2) is 0 Å². The van der Waals surface area contributed by atoms with E-state index in [2.05, 4.69) is 17.3 Å². The molecule has 1 N–H and O–H groups in total. The molecule has 0 radical (unpaired) electrons. The van der Waals surface area contributed by atoms with Crippen molar-refractivity contribution in [2.75, 3.05) is 39.1 Å². The molecule has 116 valence electrons. The number of hydrogen-bond donors (Lipinski definition) is 1. The van der Waals surface area contributed by atoms with E-state index in [1.165, 1.54) is 18.9 Å². The molecule has 6 nitrogen and oxygen atoms in total. The fourth-order valence-corrected chi connectivity index (χ4v) is 2.70. The molecule has 1 aliphatic heterocycles. The highest BCUT2D eigenvalue weighted by Gasteiger charge is 2.18. The van der Waals surface area contributed by atoms with Crippen molar-refractivity contribution in [3.8, 4) is 5.75 Å². The van der Waals surface area contributed by atoms with Gasteiger partial charge < -0.3 is 15.0 Å². The van der Waals surface area contributed by atoms with Gasteiger partial charge in [0, 0.05) is 18.7 Å². The van der Waals surface area contributed by atoms with Crippen LogP contribution in [-0.4, -0.2) is 43.6 Å². The first-order chi connectivity index (χ1) is 10.1. The fraction of sp³-hybridized carbons (Fsp3) is 0.600. The van der Waals surface area contributed by atoms with Gasteiger partial charge in [-0.1, -0.05) is 0 Å². The quantitative estimate of drug-likeness (QED) is 0.645. The Labute approximate surface area is 125 Å². The molecule has 0 spiro atoms. The van der Waals surface area contributed by atoms with Crippen molar-refractivity contribution in [3.05, 3.63) is 28.3 Å². The van der Waals surface area contributed by atoms with Crippen molar-refractivity contribution in [1.29, 1.82) is 0 Å². The van der Waals surface area contributed by atoms with E-state index in [0.717, 1.165) is 26.1 Å². The van der Waals surface area contributed by atoms with Crippen molar-refractivity contribution in [1.82, 2.24) is 4.90 Å². The second-order valence-electron chi connectivity index (χ2n) is 5.60. The minimum absolute atomic E-state index is 0.0965. The normalized spacial score (nSPS) is 16.7. The Morgan fingerprint density at radius 2 is 2.14 bits per heavy atom. The second-order valence-corrected chi connectivity index (χ2v) is 5.60. The highest BCUT2D eigenvalue weighted by atomic mass is 16.6. The molecule has 1 aliphatic rings. The summed E-state index contributed by atoms with van der Waals surface area (Å²) in [5, 5.41) is 14.2. The number of rotatable bonds is 6. The monoisotopic (exact) mass is 293 g/mol. The molecule has 1 aromatic rings. The zero-order valence-electron chi connectivity index (χ0n) is 12.7. The van der Waals surface area contributed by atoms with Crippen LogP contribution in [0.1, 0.15) is 19.3 Å². The molecular weight excluding hydrogens is 270 g/mol. The van der Waals surface area contributed by atoms with Crippen molar-refractivity contribution in [2.24, 2.45) is 5.92 Å². The van der Waals surface area contributed by atoms with Gasteiger partial charge in [0.25, 0.3) is 5.69 Å². The summed E-state index contributed by atoms with van der Waals surface area (Å²) in [6.45, 7) is 3.04. The van der Waals surface area contributed by atoms with Gasteiger partial charge in [-0.3, -0.25) is 10.1 Å². The minimum Gasteiger partial charge on any atom is -0.497 e. The van der Waals surface area contributed by atoms with Gasteiger partial charge in [-0.2, -0.15) is 0 Å². The number of anilines is 1. The number of nitro groups is 1. The van der Waals surface area contributed by atoms with Crippen LogP contribution in [-0.2, 0) is 0 Å². The SMILES string of the molecule is COc1ccc([N+](=O)[O-])c(NCCC2CCN(C)CC2)c1. The van der Waals surface area contributed by atoms with Crippen molar-refractivity contribution in [3.63, 3.8) is 0 Å². The molecule has 1 fully saturated rings. The van der Waals surface area contributed by atoms with Crippen LogP contribution in [0.4, 0.5) is 11.4 Å². The van der Waals surface area contributed by atoms with E-state index in [-0.39, 0.29) is 10.6 Å². The van der Waals surface area contributed by atoms with Crippen LogP contribution in [0.15, 0.2) is 18.2 Å². The Morgan fingerprint density at radius 3 is 2.76 bits per heavy atom. The fourth-order valence-electron chi connectivity index (χ4n) is 2.70. The summed E-state index contributed by atoms with van der Waals surface area (Å²) in [6, 6.07) is 4.78. The zero-order chi connectivity index (χ0) is 15.2. The van der Waals surface area contributed by atoms with E-state index in [0.29, 0.717) is 17.4 Å². The lowest BCUT2D eigenvalue weighted by Gasteiger charge is -2.28. The van der Waals surface area contributed by atoms with Crippen LogP contribution >= 0.6 is 0 Å². The maximum Gasteiger partial charge on any atom is 0.292 e. The van der Waals surface area contributed by atoms with E-state index < -0.39 is 0 Å². The molecule has 0 bridgehead atoms. The first-order valence-electron chi connectivity index (χ1n) is 7.35. The number of methoxy groups -OCH3 is 1. The lowest BCUT2D eigenvalue weighted by Crippen LogP contribution is -2.30. The van der Waals surface area contributed by atoms with Gasteiger partial charge in [-0.05, 0) is 51.4 Å². The average molecular weight is 293 g/mol. The summed E-state index contributed by atoms with van der Waals surface area (Å²) >= 11 is 0. The summed E-state index contributed by atoms with van der Waals surface area (Å²) in [6.07, 6.45) is 3.46. The van der Waals surface area contributed by atoms with E-state index in [4.69, 9.17) is 4.74 Å². The Balaban J connectivity index is 1.91. The van der Waals surface area contributed by atoms with E-state index >= 15 is 0 Å². The number of likely N-dealkylation sites (tertiary alicyclic amines) is 1. The standard InChI is InChI=1S/C15H23N3O3/c1-17-9-6-12(7-10-17)5-8-16-14-11-13(21-2)3-4-15(14)18(19)20/h3-4,11-12,16H,5-10H2,1-2H3. The summed E-state index contributed by atoms with van der Waals surface area (Å²) in [4.78, 5) is 13.0. The Bertz CT molecular complexity index is 485. The maximum atomic E-state index is 11.0. The predicted molar refractivity (Wildman–Crippen MR) is 83.0 cm³/mol. The molecule has 1 heterocycles. The summed E-state index contributed by atoms with van der Waals surface area (Å²) in [7, 11) is 3.71. The largest absolute Gasteiger partial charge is 0.497 e. The Kier molecular flexibility index (Phi) is 5.38. The lowest BCUT2D eigenvalue weighted by atomic mass is 9.94. The Morgan fingerprint density at radius 1 is 1.43 bits per heavy atom. The van der Waals surface area contributed by atoms with Crippen molar-refractivity contribution in [2.45, 2.75) is 19.3 Å². The van der Waals surface area contributed by atoms with Gasteiger partial charge in [0.05, 0.1) is 12.0 Å². The lowest BCUT2D eigenvalue weighted by molar-refractivity contribution is -0.384. The van der Waals surface area contributed by atoms with Gasteiger partial charge in [0.1, 0.15) is 11.4 Å². The van der Waals surface area contributed by atoms with Gasteiger partial charge in [-0.15, -0.1) is 0 Å². The number of hydrogen-bond acceptors (Lipinski definition) is 5. The van der Waals surface area contributed by atoms with Crippen LogP contribution in [0.25, 0.3) is 0 Å². The minimum atomic E-state index is -0.364. The van der Waals surface area contributed by atoms with Gasteiger partial charge in [0.15, 0.2) is 0 Å². The number of nitrogens with one attached hydrogen (secondary N) is 1. The van der Waals surface area contributed by atoms with Crippen LogP contribution in [0.5, 0.6) is 5.75 Å². The van der Waals surface area contributed by atoms with Crippen LogP contribution in [0.3, 0.4) is 0 Å². The summed E-state index contributed by atoms with van der Waals surface area (Å²) in [5.74, 6) is 1.33. The molecular formula is C15H23N3O3. The van der Waals surface area contributed by atoms with Crippen LogP contribution in [0.2, 0.25) is 0 Å². The van der Waals surface area contributed by atoms with E-state index in [1.54, 1.807) is 19.2 Å². The molecule has 0 amide bonds. The molecule has 1 aromatic carbocycles. The molecule has 2 rings (SSSR count). The van der Waals surface area contributed by atoms with Crippen LogP contribution in [0, 0.1) is 16.0 Å². The third kappa shape index (κ3) is 4.32. The summed E-state index contributed by atoms with van der Waals surface area (Å²) < 4.78 is 5.13. The van der Waals surface area contributed by atoms with Crippen molar-refractivity contribution >= 4 is 11.4 Å². The molecule has 0 unspecified atom stereocenters. The second kappa shape index (κ2) is 7.26. The topological polar surface area (TPSA) is 67.6 Å². The summed E-state index contributed by atoms with van der Waals surface area (Å²) in [5.41, 5.74) is 0.631. The first kappa shape index (κ1) is 15.6. The number of piperidine rings is 1. The van der Waals surface area contributed by atoms with Crippen molar-refractivity contribution < 1.29 is 9.66 Å². The Hall–Kier alpha value is -1.82. The maximum absolute atomic E-state index is 11.0. The number of benzene rings is 1. The molecule has 6 heteroatoms. The molecule has 0 aliphatic carbocycles. The van der Waals surface area contributed by atoms with Gasteiger partial charge in [0.2, 0.25) is 0 Å². The number of nitro benzene ring substituents is 1. The highest BCUT2D eigenvalue weighted by Crippen LogP contribution is 2.29. The zero-order valence-corrected chi connectivity index (χ0v) is 12.7. The smallest absolute Gasteiger partial charge is 0.292 e. The number of nitrogens with zero attached hydrogens (tertiary/aromatic N) is 2. The predicted octanol–water partition coefficient (Wildman–Crippen LogP) is 2.75. The molecule has 0 atom stereocenters. The van der Waals surface area contributed by atoms with E-state index in [9.17, 15) is 10.1 Å². The third-order valence-electron chi connectivity index (χ3n) is 4.11. The average Bonchev–Trinajstić information content (AvgIpc) is 2.49. The van der Waals surface area contributed by atoms with Crippen LogP contribution < -0.4 is 10.1 Å².